The summed E-state index contributed by atoms with van der Waals surface area (Å²) in [6.45, 7) is 0. The average molecular weight is 182 g/mol. The van der Waals surface area contributed by atoms with Crippen LogP contribution in [-0.4, -0.2) is 15.1 Å². The van der Waals surface area contributed by atoms with E-state index in [2.05, 4.69) is 9.97 Å². The molecule has 0 fully saturated rings. The van der Waals surface area contributed by atoms with Crippen molar-refractivity contribution in [1.82, 2.24) is 9.97 Å². The smallest absolute Gasteiger partial charge is 0.225 e. The zero-order valence-electron chi connectivity index (χ0n) is 6.33. The van der Waals surface area contributed by atoms with Gasteiger partial charge in [-0.3, -0.25) is 0 Å². The van der Waals surface area contributed by atoms with Gasteiger partial charge in [0.05, 0.1) is 0 Å². The zero-order chi connectivity index (χ0) is 9.42. The maximum Gasteiger partial charge on any atom is 0.225 e. The minimum atomic E-state index is -0.741. The number of nitrogens with zero attached hydrogens (tertiary/aromatic N) is 2. The van der Waals surface area contributed by atoms with Gasteiger partial charge in [0, 0.05) is 0 Å². The van der Waals surface area contributed by atoms with Gasteiger partial charge in [0.2, 0.25) is 5.88 Å². The molecule has 0 aliphatic rings. The first-order valence-corrected chi connectivity index (χ1v) is 3.48. The highest BCUT2D eigenvalue weighted by atomic mass is 19.1. The van der Waals surface area contributed by atoms with Crippen molar-refractivity contribution >= 4 is 10.9 Å². The fraction of sp³-hybridized carbons (Fsp3) is 0. The number of halogens is 2. The summed E-state index contributed by atoms with van der Waals surface area (Å²) in [4.78, 5) is 6.86. The minimum absolute atomic E-state index is 0.215. The Morgan fingerprint density at radius 2 is 1.77 bits per heavy atom. The predicted molar refractivity (Wildman–Crippen MR) is 41.1 cm³/mol. The van der Waals surface area contributed by atoms with E-state index in [1.54, 1.807) is 0 Å². The molecule has 1 N–H and O–H groups in total. The highest BCUT2D eigenvalue weighted by molar-refractivity contribution is 5.83. The van der Waals surface area contributed by atoms with E-state index in [0.29, 0.717) is 0 Å². The standard InChI is InChI=1S/C8H4F2N2O/c9-4-1-2-5(10)7-6(4)8(13)12-3-11-7/h1-3H,(H,11,12,13). The second-order valence-electron chi connectivity index (χ2n) is 2.45. The summed E-state index contributed by atoms with van der Waals surface area (Å²) in [7, 11) is 0. The van der Waals surface area contributed by atoms with E-state index < -0.39 is 17.5 Å². The molecule has 0 spiro atoms. The molecule has 1 aromatic heterocycles. The van der Waals surface area contributed by atoms with Gasteiger partial charge < -0.3 is 5.11 Å². The fourth-order valence-electron chi connectivity index (χ4n) is 1.09. The van der Waals surface area contributed by atoms with E-state index in [4.69, 9.17) is 5.11 Å². The van der Waals surface area contributed by atoms with Crippen LogP contribution in [0.3, 0.4) is 0 Å². The van der Waals surface area contributed by atoms with Crippen molar-refractivity contribution in [2.75, 3.05) is 0 Å². The van der Waals surface area contributed by atoms with Crippen molar-refractivity contribution in [3.8, 4) is 5.88 Å². The quantitative estimate of drug-likeness (QED) is 0.673. The Hall–Kier alpha value is -1.78. The van der Waals surface area contributed by atoms with Crippen LogP contribution in [0.5, 0.6) is 5.88 Å². The number of hydrogen-bond acceptors (Lipinski definition) is 3. The molecule has 0 amide bonds. The van der Waals surface area contributed by atoms with Crippen molar-refractivity contribution in [3.05, 3.63) is 30.1 Å². The molecule has 0 aliphatic carbocycles. The lowest BCUT2D eigenvalue weighted by atomic mass is 10.2. The van der Waals surface area contributed by atoms with Gasteiger partial charge in [0.15, 0.2) is 0 Å². The van der Waals surface area contributed by atoms with Crippen LogP contribution in [0.1, 0.15) is 0 Å². The zero-order valence-corrected chi connectivity index (χ0v) is 6.33. The lowest BCUT2D eigenvalue weighted by Gasteiger charge is -2.00. The van der Waals surface area contributed by atoms with Gasteiger partial charge in [-0.15, -0.1) is 0 Å². The van der Waals surface area contributed by atoms with Crippen molar-refractivity contribution < 1.29 is 13.9 Å². The molecule has 0 bridgehead atoms. The summed E-state index contributed by atoms with van der Waals surface area (Å²) < 4.78 is 26.0. The molecular weight excluding hydrogens is 178 g/mol. The van der Waals surface area contributed by atoms with Crippen LogP contribution >= 0.6 is 0 Å². The monoisotopic (exact) mass is 182 g/mol. The first-order valence-electron chi connectivity index (χ1n) is 3.48. The lowest BCUT2D eigenvalue weighted by Crippen LogP contribution is -1.90. The molecule has 0 saturated heterocycles. The molecule has 0 unspecified atom stereocenters. The van der Waals surface area contributed by atoms with E-state index in [9.17, 15) is 8.78 Å². The summed E-state index contributed by atoms with van der Waals surface area (Å²) in [5, 5.41) is 8.83. The van der Waals surface area contributed by atoms with Gasteiger partial charge >= 0.3 is 0 Å². The first-order chi connectivity index (χ1) is 6.20. The summed E-state index contributed by atoms with van der Waals surface area (Å²) in [6.07, 6.45) is 0.972. The first kappa shape index (κ1) is 7.85. The number of hydrogen-bond donors (Lipinski definition) is 1. The van der Waals surface area contributed by atoms with E-state index in [-0.39, 0.29) is 10.9 Å². The van der Waals surface area contributed by atoms with E-state index in [1.165, 1.54) is 0 Å². The molecule has 1 heterocycles. The number of aromatic hydroxyl groups is 1. The molecule has 0 saturated carbocycles. The van der Waals surface area contributed by atoms with E-state index in [1.807, 2.05) is 0 Å². The number of benzene rings is 1. The van der Waals surface area contributed by atoms with Crippen LogP contribution in [0.2, 0.25) is 0 Å². The third-order valence-electron chi connectivity index (χ3n) is 1.67. The largest absolute Gasteiger partial charge is 0.493 e. The molecule has 0 radical (unpaired) electrons. The van der Waals surface area contributed by atoms with Crippen molar-refractivity contribution in [3.63, 3.8) is 0 Å². The summed E-state index contributed by atoms with van der Waals surface area (Å²) in [6, 6.07) is 1.87. The SMILES string of the molecule is Oc1ncnc2c(F)ccc(F)c12. The fourth-order valence-corrected chi connectivity index (χ4v) is 1.09. The highest BCUT2D eigenvalue weighted by Crippen LogP contribution is 2.24. The van der Waals surface area contributed by atoms with Gasteiger partial charge in [-0.2, -0.15) is 0 Å². The number of aromatic nitrogens is 2. The second kappa shape index (κ2) is 2.62. The Labute approximate surface area is 71.7 Å². The normalized spacial score (nSPS) is 10.6. The minimum Gasteiger partial charge on any atom is -0.493 e. The van der Waals surface area contributed by atoms with Crippen LogP contribution in [0, 0.1) is 11.6 Å². The molecule has 2 rings (SSSR count). The number of fused-ring (bicyclic) bond motifs is 1. The van der Waals surface area contributed by atoms with Gasteiger partial charge in [0.1, 0.15) is 28.9 Å². The van der Waals surface area contributed by atoms with Crippen molar-refractivity contribution in [2.24, 2.45) is 0 Å². The van der Waals surface area contributed by atoms with E-state index in [0.717, 1.165) is 18.5 Å². The molecule has 0 aliphatic heterocycles. The topological polar surface area (TPSA) is 46.0 Å². The number of rotatable bonds is 0. The van der Waals surface area contributed by atoms with Gasteiger partial charge in [-0.1, -0.05) is 0 Å². The van der Waals surface area contributed by atoms with Crippen LogP contribution in [0.25, 0.3) is 10.9 Å². The Balaban J connectivity index is 3.00. The average Bonchev–Trinajstić information content (AvgIpc) is 2.12. The van der Waals surface area contributed by atoms with Gasteiger partial charge in [-0.05, 0) is 12.1 Å². The maximum absolute atomic E-state index is 13.0. The Bertz CT molecular complexity index is 465. The van der Waals surface area contributed by atoms with Gasteiger partial charge in [-0.25, -0.2) is 18.7 Å². The lowest BCUT2D eigenvalue weighted by molar-refractivity contribution is 0.455. The summed E-state index contributed by atoms with van der Waals surface area (Å²) in [5.74, 6) is -1.98. The molecule has 66 valence electrons. The molecule has 1 aromatic carbocycles. The van der Waals surface area contributed by atoms with Gasteiger partial charge in [0.25, 0.3) is 0 Å². The molecule has 3 nitrogen and oxygen atoms in total. The Kier molecular flexibility index (Phi) is 1.58. The van der Waals surface area contributed by atoms with Crippen LogP contribution in [-0.2, 0) is 0 Å². The summed E-state index contributed by atoms with van der Waals surface area (Å²) in [5.41, 5.74) is -0.215. The molecule has 2 aromatic rings. The molecule has 0 atom stereocenters. The third kappa shape index (κ3) is 1.09. The third-order valence-corrected chi connectivity index (χ3v) is 1.67. The van der Waals surface area contributed by atoms with Crippen molar-refractivity contribution in [1.29, 1.82) is 0 Å². The highest BCUT2D eigenvalue weighted by Gasteiger charge is 2.11. The second-order valence-corrected chi connectivity index (χ2v) is 2.45. The van der Waals surface area contributed by atoms with Crippen LogP contribution < -0.4 is 0 Å². The predicted octanol–water partition coefficient (Wildman–Crippen LogP) is 1.61. The Morgan fingerprint density at radius 3 is 2.46 bits per heavy atom. The molecule has 5 heteroatoms. The summed E-state index contributed by atoms with van der Waals surface area (Å²) >= 11 is 0. The van der Waals surface area contributed by atoms with Crippen molar-refractivity contribution in [2.45, 2.75) is 0 Å². The van der Waals surface area contributed by atoms with Crippen LogP contribution in [0.15, 0.2) is 18.5 Å². The maximum atomic E-state index is 13.0. The van der Waals surface area contributed by atoms with Crippen LogP contribution in [0.4, 0.5) is 8.78 Å². The Morgan fingerprint density at radius 1 is 1.08 bits per heavy atom. The molecule has 13 heavy (non-hydrogen) atoms. The van der Waals surface area contributed by atoms with E-state index >= 15 is 0 Å². The molecular formula is C8H4F2N2O.